The number of halogens is 1. The van der Waals surface area contributed by atoms with Crippen LogP contribution in [0.5, 0.6) is 0 Å². The number of aromatic amines is 1. The summed E-state index contributed by atoms with van der Waals surface area (Å²) in [6.07, 6.45) is 0. The first-order valence-electron chi connectivity index (χ1n) is 8.25. The highest BCUT2D eigenvalue weighted by Crippen LogP contribution is 2.27. The van der Waals surface area contributed by atoms with Crippen LogP contribution in [0.2, 0.25) is 5.02 Å². The van der Waals surface area contributed by atoms with Gasteiger partial charge in [0.25, 0.3) is 5.56 Å². The van der Waals surface area contributed by atoms with Crippen LogP contribution in [0.15, 0.2) is 27.8 Å². The zero-order chi connectivity index (χ0) is 18.3. The van der Waals surface area contributed by atoms with E-state index in [9.17, 15) is 9.59 Å². The van der Waals surface area contributed by atoms with E-state index in [1.54, 1.807) is 0 Å². The molecule has 1 N–H and O–H groups in total. The fourth-order valence-corrected chi connectivity index (χ4v) is 4.19. The molecule has 1 aliphatic rings. The average molecular weight is 393 g/mol. The van der Waals surface area contributed by atoms with Gasteiger partial charge in [0.05, 0.1) is 19.8 Å². The lowest BCUT2D eigenvalue weighted by atomic mass is 10.1. The summed E-state index contributed by atoms with van der Waals surface area (Å²) in [6.45, 7) is 4.89. The number of ether oxygens (including phenoxy) is 1. The molecular weight excluding hydrogens is 376 g/mol. The van der Waals surface area contributed by atoms with Gasteiger partial charge < -0.3 is 9.64 Å². The van der Waals surface area contributed by atoms with Crippen LogP contribution in [0, 0.1) is 6.92 Å². The summed E-state index contributed by atoms with van der Waals surface area (Å²) in [5.74, 6) is 0. The molecule has 2 aromatic heterocycles. The summed E-state index contributed by atoms with van der Waals surface area (Å²) in [7, 11) is 0. The summed E-state index contributed by atoms with van der Waals surface area (Å²) in [6, 6.07) is 5.57. The zero-order valence-electron chi connectivity index (χ0n) is 14.1. The number of nitrogens with one attached hydrogen (secondary N) is 1. The molecule has 136 valence electrons. The predicted octanol–water partition coefficient (Wildman–Crippen LogP) is 1.99. The van der Waals surface area contributed by atoms with Crippen molar-refractivity contribution in [3.05, 3.63) is 55.2 Å². The lowest BCUT2D eigenvalue weighted by molar-refractivity contribution is 0.122. The number of nitrogens with zero attached hydrogens (tertiary/aromatic N) is 3. The third-order valence-electron chi connectivity index (χ3n) is 4.52. The predicted molar refractivity (Wildman–Crippen MR) is 103 cm³/mol. The maximum atomic E-state index is 12.4. The van der Waals surface area contributed by atoms with E-state index in [4.69, 9.17) is 16.3 Å². The van der Waals surface area contributed by atoms with Crippen molar-refractivity contribution in [2.45, 2.75) is 13.5 Å². The zero-order valence-corrected chi connectivity index (χ0v) is 15.7. The minimum absolute atomic E-state index is 0.296. The van der Waals surface area contributed by atoms with Crippen LogP contribution in [0.4, 0.5) is 5.13 Å². The average Bonchev–Trinajstić information content (AvgIpc) is 3.09. The first-order valence-corrected chi connectivity index (χ1v) is 9.44. The Morgan fingerprint density at radius 2 is 2.08 bits per heavy atom. The number of benzene rings is 1. The number of fused-ring (bicyclic) bond motifs is 1. The lowest BCUT2D eigenvalue weighted by Crippen LogP contribution is -2.36. The van der Waals surface area contributed by atoms with Gasteiger partial charge in [0.15, 0.2) is 10.8 Å². The molecule has 9 heteroatoms. The second-order valence-corrected chi connectivity index (χ2v) is 7.50. The molecule has 0 unspecified atom stereocenters. The van der Waals surface area contributed by atoms with E-state index in [0.29, 0.717) is 35.1 Å². The van der Waals surface area contributed by atoms with Gasteiger partial charge in [-0.05, 0) is 24.1 Å². The van der Waals surface area contributed by atoms with Gasteiger partial charge in [-0.2, -0.15) is 0 Å². The van der Waals surface area contributed by atoms with Gasteiger partial charge in [0.2, 0.25) is 0 Å². The molecule has 0 spiro atoms. The van der Waals surface area contributed by atoms with Crippen LogP contribution in [0.3, 0.4) is 0 Å². The Morgan fingerprint density at radius 3 is 2.85 bits per heavy atom. The van der Waals surface area contributed by atoms with Crippen molar-refractivity contribution in [3.8, 4) is 0 Å². The maximum Gasteiger partial charge on any atom is 0.330 e. The van der Waals surface area contributed by atoms with Crippen LogP contribution >= 0.6 is 22.9 Å². The Hall–Kier alpha value is -2.16. The van der Waals surface area contributed by atoms with Crippen LogP contribution < -0.4 is 16.1 Å². The van der Waals surface area contributed by atoms with Crippen molar-refractivity contribution in [3.63, 3.8) is 0 Å². The quantitative estimate of drug-likeness (QED) is 0.737. The summed E-state index contributed by atoms with van der Waals surface area (Å²) in [5.41, 5.74) is 1.35. The van der Waals surface area contributed by atoms with Crippen LogP contribution in [-0.2, 0) is 11.3 Å². The second kappa shape index (κ2) is 6.86. The Balaban J connectivity index is 1.83. The van der Waals surface area contributed by atoms with E-state index in [-0.39, 0.29) is 0 Å². The van der Waals surface area contributed by atoms with Crippen LogP contribution in [0.1, 0.15) is 11.1 Å². The summed E-state index contributed by atoms with van der Waals surface area (Å²) in [5, 5.41) is 1.37. The molecule has 0 radical (unpaired) electrons. The first kappa shape index (κ1) is 17.3. The maximum absolute atomic E-state index is 12.4. The molecule has 0 bridgehead atoms. The molecule has 4 rings (SSSR count). The van der Waals surface area contributed by atoms with Gasteiger partial charge in [0.1, 0.15) is 4.70 Å². The monoisotopic (exact) mass is 392 g/mol. The number of rotatable bonds is 3. The number of aromatic nitrogens is 3. The van der Waals surface area contributed by atoms with Crippen molar-refractivity contribution < 1.29 is 4.74 Å². The van der Waals surface area contributed by atoms with Crippen molar-refractivity contribution in [1.29, 1.82) is 0 Å². The highest BCUT2D eigenvalue weighted by Gasteiger charge is 2.20. The van der Waals surface area contributed by atoms with E-state index in [1.807, 2.05) is 25.1 Å². The SMILES string of the molecule is Cc1c(Cl)cccc1Cn1c(=O)[nH]c(=O)c2sc(N3CCOCC3)nc21. The highest BCUT2D eigenvalue weighted by atomic mass is 35.5. The Bertz CT molecular complexity index is 1080. The fraction of sp³-hybridized carbons (Fsp3) is 0.353. The number of H-pyrrole nitrogens is 1. The third-order valence-corrected chi connectivity index (χ3v) is 6.03. The molecule has 0 atom stereocenters. The van der Waals surface area contributed by atoms with Crippen LogP contribution in [-0.4, -0.2) is 40.8 Å². The topological polar surface area (TPSA) is 80.2 Å². The molecule has 0 saturated carbocycles. The van der Waals surface area contributed by atoms with Gasteiger partial charge in [-0.25, -0.2) is 9.78 Å². The van der Waals surface area contributed by atoms with Crippen LogP contribution in [0.25, 0.3) is 10.3 Å². The Kier molecular flexibility index (Phi) is 4.56. The molecular formula is C17H17ClN4O3S. The van der Waals surface area contributed by atoms with Gasteiger partial charge in [-0.1, -0.05) is 35.1 Å². The normalized spacial score (nSPS) is 14.9. The standard InChI is InChI=1S/C17H17ClN4O3S/c1-10-11(3-2-4-12(10)18)9-22-14-13(15(23)20-16(22)24)26-17(19-14)21-5-7-25-8-6-21/h2-4H,5-9H2,1H3,(H,20,23,24). The molecule has 7 nitrogen and oxygen atoms in total. The first-order chi connectivity index (χ1) is 12.5. The summed E-state index contributed by atoms with van der Waals surface area (Å²) >= 11 is 7.49. The van der Waals surface area contributed by atoms with Gasteiger partial charge in [0, 0.05) is 18.1 Å². The second-order valence-electron chi connectivity index (χ2n) is 6.12. The van der Waals surface area contributed by atoms with E-state index in [0.717, 1.165) is 29.3 Å². The molecule has 3 aromatic rings. The van der Waals surface area contributed by atoms with Crippen molar-refractivity contribution >= 4 is 38.4 Å². The molecule has 1 aromatic carbocycles. The van der Waals surface area contributed by atoms with Crippen molar-refractivity contribution in [2.75, 3.05) is 31.2 Å². The smallest absolute Gasteiger partial charge is 0.330 e. The minimum atomic E-state index is -0.472. The molecule has 1 fully saturated rings. The number of hydrogen-bond acceptors (Lipinski definition) is 6. The molecule has 0 aliphatic carbocycles. The number of anilines is 1. The van der Waals surface area contributed by atoms with E-state index in [2.05, 4.69) is 14.9 Å². The molecule has 1 saturated heterocycles. The van der Waals surface area contributed by atoms with Crippen molar-refractivity contribution in [2.24, 2.45) is 0 Å². The molecule has 0 amide bonds. The lowest BCUT2D eigenvalue weighted by Gasteiger charge is -2.25. The van der Waals surface area contributed by atoms with E-state index < -0.39 is 11.2 Å². The Morgan fingerprint density at radius 1 is 1.31 bits per heavy atom. The fourth-order valence-electron chi connectivity index (χ4n) is 2.98. The number of hydrogen-bond donors (Lipinski definition) is 1. The largest absolute Gasteiger partial charge is 0.378 e. The molecule has 26 heavy (non-hydrogen) atoms. The van der Waals surface area contributed by atoms with Gasteiger partial charge in [-0.15, -0.1) is 0 Å². The Labute approximate surface area is 157 Å². The van der Waals surface area contributed by atoms with Crippen molar-refractivity contribution in [1.82, 2.24) is 14.5 Å². The highest BCUT2D eigenvalue weighted by molar-refractivity contribution is 7.22. The summed E-state index contributed by atoms with van der Waals surface area (Å²) in [4.78, 5) is 33.8. The number of morpholine rings is 1. The van der Waals surface area contributed by atoms with Gasteiger partial charge >= 0.3 is 5.69 Å². The minimum Gasteiger partial charge on any atom is -0.378 e. The third kappa shape index (κ3) is 3.04. The molecule has 1 aliphatic heterocycles. The van der Waals surface area contributed by atoms with Gasteiger partial charge in [-0.3, -0.25) is 14.3 Å². The van der Waals surface area contributed by atoms with E-state index in [1.165, 1.54) is 15.9 Å². The van der Waals surface area contributed by atoms with E-state index >= 15 is 0 Å². The number of thiazole rings is 1. The summed E-state index contributed by atoms with van der Waals surface area (Å²) < 4.78 is 7.31. The molecule has 3 heterocycles.